The number of fused-ring (bicyclic) bond motifs is 1. The Labute approximate surface area is 179 Å². The molecule has 4 heteroatoms. The third-order valence-electron chi connectivity index (χ3n) is 5.25. The summed E-state index contributed by atoms with van der Waals surface area (Å²) in [4.78, 5) is 14.8. The number of hydrogen-bond acceptors (Lipinski definition) is 3. The van der Waals surface area contributed by atoms with E-state index in [0.29, 0.717) is 18.7 Å². The number of ketones is 1. The summed E-state index contributed by atoms with van der Waals surface area (Å²) in [6, 6.07) is 17.4. The number of benzene rings is 2. The van der Waals surface area contributed by atoms with E-state index in [-0.39, 0.29) is 5.78 Å². The lowest BCUT2D eigenvalue weighted by molar-refractivity contribution is 0.0988. The first kappa shape index (κ1) is 22.0. The van der Waals surface area contributed by atoms with E-state index in [1.165, 1.54) is 0 Å². The number of aromatic nitrogens is 1. The van der Waals surface area contributed by atoms with Crippen LogP contribution in [0.3, 0.4) is 0 Å². The zero-order chi connectivity index (χ0) is 21.3. The van der Waals surface area contributed by atoms with E-state index in [4.69, 9.17) is 0 Å². The van der Waals surface area contributed by atoms with Gasteiger partial charge in [0.05, 0.1) is 6.10 Å². The molecule has 1 atom stereocenters. The second-order valence-corrected chi connectivity index (χ2v) is 7.77. The van der Waals surface area contributed by atoms with Gasteiger partial charge < -0.3 is 14.6 Å². The smallest absolute Gasteiger partial charge is 0.185 e. The molecule has 1 aromatic heterocycles. The van der Waals surface area contributed by atoms with Gasteiger partial charge >= 0.3 is 0 Å². The minimum Gasteiger partial charge on any atom is -0.390 e. The fraction of sp³-hybridized carbons (Fsp3) is 0.346. The first-order valence-electron chi connectivity index (χ1n) is 10.9. The number of carbonyl (C=O) groups is 1. The predicted octanol–water partition coefficient (Wildman–Crippen LogP) is 5.02. The van der Waals surface area contributed by atoms with Crippen molar-refractivity contribution in [2.24, 2.45) is 0 Å². The van der Waals surface area contributed by atoms with E-state index in [2.05, 4.69) is 35.4 Å². The molecular formula is C26H32N2O2. The fourth-order valence-corrected chi connectivity index (χ4v) is 3.93. The molecule has 1 heterocycles. The van der Waals surface area contributed by atoms with Gasteiger partial charge in [0.15, 0.2) is 5.78 Å². The Morgan fingerprint density at radius 1 is 1.03 bits per heavy atom. The Morgan fingerprint density at radius 2 is 1.70 bits per heavy atom. The number of rotatable bonds is 11. The first-order valence-corrected chi connectivity index (χ1v) is 10.9. The lowest BCUT2D eigenvalue weighted by Crippen LogP contribution is -2.35. The van der Waals surface area contributed by atoms with Gasteiger partial charge in [0.25, 0.3) is 0 Å². The largest absolute Gasteiger partial charge is 0.390 e. The van der Waals surface area contributed by atoms with Gasteiger partial charge in [-0.3, -0.25) is 4.79 Å². The molecule has 0 saturated heterocycles. The van der Waals surface area contributed by atoms with Crippen molar-refractivity contribution in [1.82, 2.24) is 9.47 Å². The van der Waals surface area contributed by atoms with Crippen LogP contribution in [0.4, 0.5) is 0 Å². The molecule has 0 aliphatic rings. The van der Waals surface area contributed by atoms with Crippen LogP contribution < -0.4 is 0 Å². The molecule has 0 radical (unpaired) electrons. The molecule has 0 fully saturated rings. The molecule has 0 saturated carbocycles. The molecule has 30 heavy (non-hydrogen) atoms. The Hall–Kier alpha value is -2.69. The Bertz CT molecular complexity index is 969. The van der Waals surface area contributed by atoms with Crippen LogP contribution in [0, 0.1) is 0 Å². The lowest BCUT2D eigenvalue weighted by Gasteiger charge is -2.24. The molecule has 2 aromatic carbocycles. The highest BCUT2D eigenvalue weighted by Gasteiger charge is 2.14. The maximum absolute atomic E-state index is 12.4. The molecule has 3 rings (SSSR count). The van der Waals surface area contributed by atoms with Gasteiger partial charge in [-0.15, -0.1) is 0 Å². The molecule has 0 unspecified atom stereocenters. The van der Waals surface area contributed by atoms with E-state index in [1.807, 2.05) is 54.7 Å². The first-order chi connectivity index (χ1) is 14.6. The molecule has 1 N–H and O–H groups in total. The van der Waals surface area contributed by atoms with E-state index >= 15 is 0 Å². The third kappa shape index (κ3) is 5.68. The van der Waals surface area contributed by atoms with Crippen molar-refractivity contribution in [2.75, 3.05) is 19.6 Å². The van der Waals surface area contributed by atoms with Crippen LogP contribution in [0.25, 0.3) is 17.0 Å². The Balaban J connectivity index is 1.78. The summed E-state index contributed by atoms with van der Waals surface area (Å²) < 4.78 is 2.10. The number of allylic oxidation sites excluding steroid dienone is 1. The molecule has 3 aromatic rings. The Morgan fingerprint density at radius 3 is 2.40 bits per heavy atom. The lowest BCUT2D eigenvalue weighted by atomic mass is 10.1. The highest BCUT2D eigenvalue weighted by Crippen LogP contribution is 2.23. The van der Waals surface area contributed by atoms with Crippen LogP contribution in [0.15, 0.2) is 66.9 Å². The minimum atomic E-state index is -0.443. The third-order valence-corrected chi connectivity index (χ3v) is 5.25. The van der Waals surface area contributed by atoms with Crippen LogP contribution in [-0.2, 0) is 6.54 Å². The normalized spacial score (nSPS) is 12.8. The predicted molar refractivity (Wildman–Crippen MR) is 125 cm³/mol. The number of aliphatic hydroxyl groups is 1. The molecule has 0 aliphatic heterocycles. The molecular weight excluding hydrogens is 372 g/mol. The maximum Gasteiger partial charge on any atom is 0.185 e. The Kier molecular flexibility index (Phi) is 8.00. The summed E-state index contributed by atoms with van der Waals surface area (Å²) >= 11 is 0. The zero-order valence-electron chi connectivity index (χ0n) is 18.0. The van der Waals surface area contributed by atoms with Gasteiger partial charge in [0.1, 0.15) is 0 Å². The van der Waals surface area contributed by atoms with Crippen LogP contribution in [0.1, 0.15) is 42.6 Å². The van der Waals surface area contributed by atoms with Crippen molar-refractivity contribution >= 4 is 22.8 Å². The van der Waals surface area contributed by atoms with Crippen LogP contribution in [0.5, 0.6) is 0 Å². The SMILES string of the molecule is CCCN(CCC)C[C@@H](O)Cn1cc(/C=C\C(=O)c2ccccc2)c2ccccc21. The standard InChI is InChI=1S/C26H32N2O2/c1-3-16-27(17-4-2)19-23(29)20-28-18-22(24-12-8-9-13-25(24)28)14-15-26(30)21-10-6-5-7-11-21/h5-15,18,23,29H,3-4,16-17,19-20H2,1-2H3/b15-14-/t23-/m1/s1. The van der Waals surface area contributed by atoms with Gasteiger partial charge in [0, 0.05) is 41.3 Å². The zero-order valence-corrected chi connectivity index (χ0v) is 18.0. The number of aliphatic hydroxyl groups excluding tert-OH is 1. The average molecular weight is 405 g/mol. The van der Waals surface area contributed by atoms with Gasteiger partial charge in [-0.2, -0.15) is 0 Å². The van der Waals surface area contributed by atoms with Crippen molar-refractivity contribution in [3.05, 3.63) is 78.0 Å². The quantitative estimate of drug-likeness (QED) is 0.360. The van der Waals surface area contributed by atoms with Crippen LogP contribution in [0.2, 0.25) is 0 Å². The second kappa shape index (κ2) is 10.9. The molecule has 0 spiro atoms. The molecule has 0 aliphatic carbocycles. The fourth-order valence-electron chi connectivity index (χ4n) is 3.93. The highest BCUT2D eigenvalue weighted by molar-refractivity contribution is 6.07. The molecule has 4 nitrogen and oxygen atoms in total. The van der Waals surface area contributed by atoms with Gasteiger partial charge in [-0.05, 0) is 44.1 Å². The highest BCUT2D eigenvalue weighted by atomic mass is 16.3. The van der Waals surface area contributed by atoms with E-state index in [0.717, 1.165) is 42.4 Å². The number of hydrogen-bond donors (Lipinski definition) is 1. The van der Waals surface area contributed by atoms with Crippen molar-refractivity contribution < 1.29 is 9.90 Å². The van der Waals surface area contributed by atoms with Crippen molar-refractivity contribution in [3.8, 4) is 0 Å². The number of nitrogens with zero attached hydrogens (tertiary/aromatic N) is 2. The van der Waals surface area contributed by atoms with Crippen molar-refractivity contribution in [1.29, 1.82) is 0 Å². The van der Waals surface area contributed by atoms with Crippen molar-refractivity contribution in [2.45, 2.75) is 39.3 Å². The summed E-state index contributed by atoms with van der Waals surface area (Å²) in [6.07, 6.45) is 7.27. The van der Waals surface area contributed by atoms with Gasteiger partial charge in [-0.1, -0.05) is 62.4 Å². The monoisotopic (exact) mass is 404 g/mol. The summed E-state index contributed by atoms with van der Waals surface area (Å²) in [6.45, 7) is 7.56. The van der Waals surface area contributed by atoms with Crippen LogP contribution in [-0.4, -0.2) is 46.1 Å². The van der Waals surface area contributed by atoms with Crippen LogP contribution >= 0.6 is 0 Å². The number of para-hydroxylation sites is 1. The molecule has 158 valence electrons. The topological polar surface area (TPSA) is 45.5 Å². The van der Waals surface area contributed by atoms with Gasteiger partial charge in [0.2, 0.25) is 0 Å². The maximum atomic E-state index is 12.4. The molecule has 0 bridgehead atoms. The molecule has 0 amide bonds. The second-order valence-electron chi connectivity index (χ2n) is 7.77. The number of carbonyl (C=O) groups excluding carboxylic acids is 1. The average Bonchev–Trinajstić information content (AvgIpc) is 3.10. The van der Waals surface area contributed by atoms with Crippen molar-refractivity contribution in [3.63, 3.8) is 0 Å². The van der Waals surface area contributed by atoms with Gasteiger partial charge in [-0.25, -0.2) is 0 Å². The summed E-state index contributed by atoms with van der Waals surface area (Å²) in [7, 11) is 0. The summed E-state index contributed by atoms with van der Waals surface area (Å²) in [5.74, 6) is -0.0118. The summed E-state index contributed by atoms with van der Waals surface area (Å²) in [5, 5.41) is 11.8. The minimum absolute atomic E-state index is 0.0118. The van der Waals surface area contributed by atoms with E-state index in [9.17, 15) is 9.90 Å². The van der Waals surface area contributed by atoms with E-state index < -0.39 is 6.10 Å². The van der Waals surface area contributed by atoms with E-state index in [1.54, 1.807) is 6.08 Å². The summed E-state index contributed by atoms with van der Waals surface area (Å²) in [5.41, 5.74) is 2.74.